The molecule has 0 unspecified atom stereocenters. The van der Waals surface area contributed by atoms with Crippen LogP contribution in [0.2, 0.25) is 0 Å². The summed E-state index contributed by atoms with van der Waals surface area (Å²) in [5, 5.41) is 7.79. The van der Waals surface area contributed by atoms with Crippen molar-refractivity contribution in [1.29, 1.82) is 0 Å². The van der Waals surface area contributed by atoms with Crippen molar-refractivity contribution in [3.05, 3.63) is 33.5 Å². The monoisotopic (exact) mass is 332 g/mol. The minimum absolute atomic E-state index is 0.284. The lowest BCUT2D eigenvalue weighted by atomic mass is 10.00. The summed E-state index contributed by atoms with van der Waals surface area (Å²) < 4.78 is 8.08. The van der Waals surface area contributed by atoms with Gasteiger partial charge in [-0.3, -0.25) is 9.58 Å². The van der Waals surface area contributed by atoms with Crippen molar-refractivity contribution >= 4 is 11.3 Å². The van der Waals surface area contributed by atoms with Gasteiger partial charge >= 0.3 is 0 Å². The standard InChI is InChI=1S/C17H24N4OS/c1-12-19-15(11-23-12)8-21-6-5-14-7-18-20(2)17(14)16(21)10-22-9-13-3-4-13/h7,11,13,16H,3-6,8-10H2,1-2H3/t16-/m1/s1. The summed E-state index contributed by atoms with van der Waals surface area (Å²) in [5.41, 5.74) is 3.86. The van der Waals surface area contributed by atoms with Gasteiger partial charge in [0.05, 0.1) is 35.2 Å². The molecule has 0 amide bonds. The second-order valence-electron chi connectivity index (χ2n) is 6.75. The molecule has 23 heavy (non-hydrogen) atoms. The lowest BCUT2D eigenvalue weighted by Crippen LogP contribution is -2.38. The number of hydrogen-bond donors (Lipinski definition) is 0. The zero-order chi connectivity index (χ0) is 15.8. The molecule has 2 aliphatic rings. The third-order valence-corrected chi connectivity index (χ3v) is 5.67. The van der Waals surface area contributed by atoms with E-state index >= 15 is 0 Å². The van der Waals surface area contributed by atoms with Crippen LogP contribution in [0.3, 0.4) is 0 Å². The highest BCUT2D eigenvalue weighted by Gasteiger charge is 2.32. The van der Waals surface area contributed by atoms with Crippen molar-refractivity contribution in [3.8, 4) is 0 Å². The van der Waals surface area contributed by atoms with Gasteiger partial charge in [0, 0.05) is 32.1 Å². The molecule has 2 aromatic rings. The van der Waals surface area contributed by atoms with Gasteiger partial charge in [0.2, 0.25) is 0 Å². The zero-order valence-electron chi connectivity index (χ0n) is 13.9. The molecule has 1 atom stereocenters. The molecule has 2 aromatic heterocycles. The van der Waals surface area contributed by atoms with E-state index in [0.717, 1.165) is 43.6 Å². The van der Waals surface area contributed by atoms with E-state index in [4.69, 9.17) is 4.74 Å². The first kappa shape index (κ1) is 15.3. The largest absolute Gasteiger partial charge is 0.379 e. The van der Waals surface area contributed by atoms with Gasteiger partial charge in [-0.15, -0.1) is 11.3 Å². The fraction of sp³-hybridized carbons (Fsp3) is 0.647. The summed E-state index contributed by atoms with van der Waals surface area (Å²) in [6, 6.07) is 0.284. The summed E-state index contributed by atoms with van der Waals surface area (Å²) >= 11 is 1.73. The molecule has 0 radical (unpaired) electrons. The Morgan fingerprint density at radius 2 is 2.22 bits per heavy atom. The molecule has 0 aromatic carbocycles. The van der Waals surface area contributed by atoms with Crippen molar-refractivity contribution < 1.29 is 4.74 Å². The smallest absolute Gasteiger partial charge is 0.0897 e. The molecule has 1 fully saturated rings. The van der Waals surface area contributed by atoms with E-state index in [9.17, 15) is 0 Å². The minimum atomic E-state index is 0.284. The Kier molecular flexibility index (Phi) is 4.22. The molecule has 124 valence electrons. The number of thiazole rings is 1. The van der Waals surface area contributed by atoms with E-state index < -0.39 is 0 Å². The van der Waals surface area contributed by atoms with Gasteiger partial charge in [0.15, 0.2) is 0 Å². The lowest BCUT2D eigenvalue weighted by molar-refractivity contribution is 0.0408. The lowest BCUT2D eigenvalue weighted by Gasteiger charge is -2.35. The zero-order valence-corrected chi connectivity index (χ0v) is 14.7. The molecule has 0 saturated heterocycles. The molecule has 0 spiro atoms. The third kappa shape index (κ3) is 3.34. The van der Waals surface area contributed by atoms with Crippen molar-refractivity contribution in [1.82, 2.24) is 19.7 Å². The van der Waals surface area contributed by atoms with Crippen LogP contribution in [0, 0.1) is 12.8 Å². The topological polar surface area (TPSA) is 43.2 Å². The molecular formula is C17H24N4OS. The summed E-state index contributed by atoms with van der Waals surface area (Å²) in [6.45, 7) is 5.68. The minimum Gasteiger partial charge on any atom is -0.379 e. The molecule has 5 nitrogen and oxygen atoms in total. The molecule has 4 rings (SSSR count). The van der Waals surface area contributed by atoms with E-state index in [1.54, 1.807) is 11.3 Å². The first-order valence-corrected chi connectivity index (χ1v) is 9.32. The maximum Gasteiger partial charge on any atom is 0.0897 e. The molecule has 1 saturated carbocycles. The fourth-order valence-corrected chi connectivity index (χ4v) is 4.00. The second kappa shape index (κ2) is 6.34. The van der Waals surface area contributed by atoms with Gasteiger partial charge in [0.1, 0.15) is 0 Å². The van der Waals surface area contributed by atoms with Crippen LogP contribution in [0.25, 0.3) is 0 Å². The number of ether oxygens (including phenoxy) is 1. The number of aromatic nitrogens is 3. The van der Waals surface area contributed by atoms with E-state index in [1.807, 2.05) is 17.9 Å². The predicted molar refractivity (Wildman–Crippen MR) is 90.5 cm³/mol. The summed E-state index contributed by atoms with van der Waals surface area (Å²) in [5.74, 6) is 0.805. The summed E-state index contributed by atoms with van der Waals surface area (Å²) in [4.78, 5) is 7.14. The Morgan fingerprint density at radius 1 is 1.35 bits per heavy atom. The van der Waals surface area contributed by atoms with Crippen LogP contribution in [-0.2, 0) is 24.8 Å². The van der Waals surface area contributed by atoms with Crippen molar-refractivity contribution in [2.24, 2.45) is 13.0 Å². The average molecular weight is 332 g/mol. The third-order valence-electron chi connectivity index (χ3n) is 4.85. The number of aryl methyl sites for hydroxylation is 2. The molecular weight excluding hydrogens is 308 g/mol. The Labute approximate surface area is 141 Å². The van der Waals surface area contributed by atoms with Gasteiger partial charge in [-0.05, 0) is 37.7 Å². The number of fused-ring (bicyclic) bond motifs is 1. The van der Waals surface area contributed by atoms with E-state index in [-0.39, 0.29) is 6.04 Å². The van der Waals surface area contributed by atoms with Gasteiger partial charge in [-0.1, -0.05) is 0 Å². The van der Waals surface area contributed by atoms with Crippen LogP contribution in [0.1, 0.15) is 40.8 Å². The number of nitrogens with zero attached hydrogens (tertiary/aromatic N) is 4. The SMILES string of the molecule is Cc1nc(CN2CCc3cnn(C)c3[C@H]2COCC2CC2)cs1. The normalized spacial score (nSPS) is 21.6. The molecule has 3 heterocycles. The highest BCUT2D eigenvalue weighted by Crippen LogP contribution is 2.33. The quantitative estimate of drug-likeness (QED) is 0.816. The first-order valence-electron chi connectivity index (χ1n) is 8.44. The highest BCUT2D eigenvalue weighted by molar-refractivity contribution is 7.09. The number of hydrogen-bond acceptors (Lipinski definition) is 5. The van der Waals surface area contributed by atoms with Crippen molar-refractivity contribution in [2.45, 2.75) is 38.8 Å². The second-order valence-corrected chi connectivity index (χ2v) is 7.82. The van der Waals surface area contributed by atoms with Crippen molar-refractivity contribution in [2.75, 3.05) is 19.8 Å². The molecule has 6 heteroatoms. The molecule has 1 aliphatic carbocycles. The van der Waals surface area contributed by atoms with Crippen LogP contribution < -0.4 is 0 Å². The molecule has 0 bridgehead atoms. The first-order chi connectivity index (χ1) is 11.2. The number of rotatable bonds is 6. The van der Waals surface area contributed by atoms with Gasteiger partial charge in [-0.2, -0.15) is 5.10 Å². The van der Waals surface area contributed by atoms with Crippen LogP contribution in [0.15, 0.2) is 11.6 Å². The maximum absolute atomic E-state index is 6.05. The van der Waals surface area contributed by atoms with Crippen LogP contribution >= 0.6 is 11.3 Å². The summed E-state index contributed by atoms with van der Waals surface area (Å²) in [7, 11) is 2.04. The Hall–Kier alpha value is -1.24. The predicted octanol–water partition coefficient (Wildman–Crippen LogP) is 2.71. The Balaban J connectivity index is 1.52. The van der Waals surface area contributed by atoms with Crippen LogP contribution in [-0.4, -0.2) is 39.4 Å². The Morgan fingerprint density at radius 3 is 2.96 bits per heavy atom. The fourth-order valence-electron chi connectivity index (χ4n) is 3.40. The van der Waals surface area contributed by atoms with Crippen LogP contribution in [0.5, 0.6) is 0 Å². The van der Waals surface area contributed by atoms with Crippen molar-refractivity contribution in [3.63, 3.8) is 0 Å². The highest BCUT2D eigenvalue weighted by atomic mass is 32.1. The average Bonchev–Trinajstić information content (AvgIpc) is 3.16. The Bertz CT molecular complexity index is 676. The molecule has 0 N–H and O–H groups in total. The van der Waals surface area contributed by atoms with Gasteiger partial charge in [0.25, 0.3) is 0 Å². The van der Waals surface area contributed by atoms with E-state index in [0.29, 0.717) is 0 Å². The molecule has 1 aliphatic heterocycles. The maximum atomic E-state index is 6.05. The summed E-state index contributed by atoms with van der Waals surface area (Å²) in [6.07, 6.45) is 5.76. The van der Waals surface area contributed by atoms with E-state index in [2.05, 4.69) is 27.3 Å². The van der Waals surface area contributed by atoms with E-state index in [1.165, 1.54) is 29.8 Å². The van der Waals surface area contributed by atoms with Gasteiger partial charge in [-0.25, -0.2) is 4.98 Å². The van der Waals surface area contributed by atoms with Crippen LogP contribution in [0.4, 0.5) is 0 Å². The van der Waals surface area contributed by atoms with Gasteiger partial charge < -0.3 is 4.74 Å².